The van der Waals surface area contributed by atoms with E-state index in [9.17, 15) is 74.6 Å². The maximum Gasteiger partial charge on any atom is 0.460 e. The molecular weight excluding hydrogens is 567 g/mol. The molecule has 0 amide bonds. The zero-order chi connectivity index (χ0) is 29.0. The molecule has 0 aliphatic rings. The van der Waals surface area contributed by atoms with Gasteiger partial charge in [-0.1, -0.05) is 49.5 Å². The molecule has 18 heteroatoms. The summed E-state index contributed by atoms with van der Waals surface area (Å²) < 4.78 is 229. The van der Waals surface area contributed by atoms with Crippen molar-refractivity contribution in [2.45, 2.75) is 60.7 Å². The van der Waals surface area contributed by atoms with Gasteiger partial charge in [0.15, 0.2) is 0 Å². The molecule has 1 aromatic rings. The molecule has 0 fully saturated rings. The third kappa shape index (κ3) is 4.46. The Labute approximate surface area is 192 Å². The molecule has 0 saturated carbocycles. The zero-order valence-corrected chi connectivity index (χ0v) is 18.6. The molecule has 0 bridgehead atoms. The number of rotatable bonds is 9. The van der Waals surface area contributed by atoms with E-state index in [1.807, 2.05) is 0 Å². The normalized spacial score (nSPS) is 16.1. The van der Waals surface area contributed by atoms with E-state index < -0.39 is 67.2 Å². The summed E-state index contributed by atoms with van der Waals surface area (Å²) in [5.41, 5.74) is -0.402. The van der Waals surface area contributed by atoms with Gasteiger partial charge in [-0.05, 0) is 10.8 Å². The molecular formula is C18H13F17Si. The first kappa shape index (κ1) is 32.0. The Balaban J connectivity index is 3.79. The summed E-state index contributed by atoms with van der Waals surface area (Å²) in [6.07, 6.45) is -7.66. The van der Waals surface area contributed by atoms with Crippen molar-refractivity contribution in [3.63, 3.8) is 0 Å². The van der Waals surface area contributed by atoms with Crippen molar-refractivity contribution in [2.75, 3.05) is 0 Å². The Morgan fingerprint density at radius 3 is 1.19 bits per heavy atom. The van der Waals surface area contributed by atoms with Gasteiger partial charge in [0.05, 0.1) is 8.80 Å². The molecule has 0 nitrogen and oxygen atoms in total. The number of halogens is 17. The molecule has 1 aromatic carbocycles. The van der Waals surface area contributed by atoms with E-state index in [1.165, 1.54) is 6.07 Å². The van der Waals surface area contributed by atoms with E-state index in [0.29, 0.717) is 0 Å². The lowest BCUT2D eigenvalue weighted by molar-refractivity contribution is -0.459. The number of alkyl halides is 17. The van der Waals surface area contributed by atoms with E-state index in [4.69, 9.17) is 0 Å². The van der Waals surface area contributed by atoms with Gasteiger partial charge in [0.25, 0.3) is 0 Å². The van der Waals surface area contributed by atoms with Gasteiger partial charge in [0.2, 0.25) is 0 Å². The first-order valence-corrected chi connectivity index (χ1v) is 12.0. The van der Waals surface area contributed by atoms with Gasteiger partial charge >= 0.3 is 47.6 Å². The van der Waals surface area contributed by atoms with Crippen LogP contribution in [0.15, 0.2) is 35.5 Å². The van der Waals surface area contributed by atoms with Crippen LogP contribution in [-0.4, -0.2) is 56.4 Å². The van der Waals surface area contributed by atoms with Crippen molar-refractivity contribution < 1.29 is 74.6 Å². The molecule has 0 saturated heterocycles. The third-order valence-corrected chi connectivity index (χ3v) is 6.60. The molecule has 0 N–H and O–H groups in total. The summed E-state index contributed by atoms with van der Waals surface area (Å²) >= 11 is 0. The van der Waals surface area contributed by atoms with Crippen LogP contribution in [0, 0.1) is 0 Å². The second-order valence-corrected chi connectivity index (χ2v) is 10.6. The van der Waals surface area contributed by atoms with Crippen LogP contribution in [0.4, 0.5) is 74.6 Å². The zero-order valence-electron chi connectivity index (χ0n) is 17.5. The van der Waals surface area contributed by atoms with Crippen LogP contribution in [-0.2, 0) is 0 Å². The Morgan fingerprint density at radius 2 is 0.861 bits per heavy atom. The molecule has 1 rings (SSSR count). The van der Waals surface area contributed by atoms with Crippen molar-refractivity contribution in [3.05, 3.63) is 41.1 Å². The molecule has 0 aromatic heterocycles. The largest absolute Gasteiger partial charge is 0.460 e. The van der Waals surface area contributed by atoms with E-state index in [1.54, 1.807) is 0 Å². The van der Waals surface area contributed by atoms with E-state index in [-0.39, 0.29) is 6.08 Å². The van der Waals surface area contributed by atoms with Gasteiger partial charge in [-0.3, -0.25) is 0 Å². The lowest BCUT2D eigenvalue weighted by Gasteiger charge is -2.43. The van der Waals surface area contributed by atoms with E-state index in [0.717, 1.165) is 37.4 Å². The molecule has 0 unspecified atom stereocenters. The minimum absolute atomic E-state index is 0.115. The van der Waals surface area contributed by atoms with Crippen molar-refractivity contribution in [1.29, 1.82) is 0 Å². The van der Waals surface area contributed by atoms with Crippen molar-refractivity contribution in [1.82, 2.24) is 0 Å². The van der Waals surface area contributed by atoms with Crippen molar-refractivity contribution in [3.8, 4) is 0 Å². The van der Waals surface area contributed by atoms with Crippen LogP contribution in [0.1, 0.15) is 5.56 Å². The van der Waals surface area contributed by atoms with Crippen LogP contribution < -0.4 is 0 Å². The lowest BCUT2D eigenvalue weighted by atomic mass is 9.88. The number of hydrogen-bond acceptors (Lipinski definition) is 0. The fourth-order valence-electron chi connectivity index (χ4n) is 2.69. The Kier molecular flexibility index (Phi) is 8.07. The van der Waals surface area contributed by atoms with Crippen molar-refractivity contribution in [2.24, 2.45) is 0 Å². The van der Waals surface area contributed by atoms with Crippen LogP contribution in [0.25, 0.3) is 6.08 Å². The lowest BCUT2D eigenvalue weighted by Crippen LogP contribution is -2.74. The molecule has 36 heavy (non-hydrogen) atoms. The molecule has 0 spiro atoms. The quantitative estimate of drug-likeness (QED) is 0.205. The molecule has 0 atom stereocenters. The van der Waals surface area contributed by atoms with Gasteiger partial charge in [0, 0.05) is 0 Å². The summed E-state index contributed by atoms with van der Waals surface area (Å²) in [5.74, 6) is -56.3. The molecule has 208 valence electrons. The Hall–Kier alpha value is -2.01. The SMILES string of the molecule is C[SiH](C)C(=Cc1ccccc1)C(F)(F)C(F)(F)C(F)(F)C(F)(F)C(F)(F)C(F)(F)C(F)(F)C(F)(F)F. The summed E-state index contributed by atoms with van der Waals surface area (Å²) in [6.45, 7) is 1.53. The summed E-state index contributed by atoms with van der Waals surface area (Å²) in [7, 11) is -3.48. The van der Waals surface area contributed by atoms with Gasteiger partial charge in [0.1, 0.15) is 0 Å². The number of hydrogen-bond donors (Lipinski definition) is 0. The summed E-state index contributed by atoms with van der Waals surface area (Å²) in [6, 6.07) is 5.38. The maximum absolute atomic E-state index is 14.6. The highest BCUT2D eigenvalue weighted by molar-refractivity contribution is 6.65. The predicted octanol–water partition coefficient (Wildman–Crippen LogP) is 8.11. The van der Waals surface area contributed by atoms with Crippen LogP contribution in [0.3, 0.4) is 0 Å². The third-order valence-electron chi connectivity index (χ3n) is 4.83. The topological polar surface area (TPSA) is 0 Å². The minimum Gasteiger partial charge on any atom is -0.195 e. The molecule has 0 aliphatic carbocycles. The van der Waals surface area contributed by atoms with Crippen LogP contribution in [0.2, 0.25) is 13.1 Å². The van der Waals surface area contributed by atoms with E-state index >= 15 is 0 Å². The second-order valence-electron chi connectivity index (χ2n) is 7.68. The maximum atomic E-state index is 14.6. The Bertz CT molecular complexity index is 944. The van der Waals surface area contributed by atoms with Gasteiger partial charge in [-0.15, -0.1) is 0 Å². The Morgan fingerprint density at radius 1 is 0.528 bits per heavy atom. The number of benzene rings is 1. The van der Waals surface area contributed by atoms with Crippen molar-refractivity contribution >= 4 is 14.9 Å². The predicted molar refractivity (Wildman–Crippen MR) is 94.0 cm³/mol. The summed E-state index contributed by atoms with van der Waals surface area (Å²) in [4.78, 5) is 0. The highest BCUT2D eigenvalue weighted by Gasteiger charge is 2.95. The molecule has 0 aliphatic heterocycles. The van der Waals surface area contributed by atoms with Gasteiger partial charge < -0.3 is 0 Å². The fourth-order valence-corrected chi connectivity index (χ4v) is 4.13. The standard InChI is InChI=1S/C18H13F17Si/c1-36(2)10(8-9-6-4-3-5-7-9)11(19,20)12(21,22)13(23,24)14(25,26)15(27,28)16(29,30)17(31,32)18(33,34)35/h3-8,36H,1-2H3. The highest BCUT2D eigenvalue weighted by Crippen LogP contribution is 2.64. The first-order valence-electron chi connectivity index (χ1n) is 9.14. The number of allylic oxidation sites excluding steroid dienone is 1. The average Bonchev–Trinajstić information content (AvgIpc) is 2.70. The van der Waals surface area contributed by atoms with E-state index in [2.05, 4.69) is 0 Å². The monoisotopic (exact) mass is 580 g/mol. The van der Waals surface area contributed by atoms with Crippen LogP contribution >= 0.6 is 0 Å². The average molecular weight is 580 g/mol. The molecule has 0 radical (unpaired) electrons. The highest BCUT2D eigenvalue weighted by atomic mass is 28.3. The smallest absolute Gasteiger partial charge is 0.195 e. The molecule has 0 heterocycles. The van der Waals surface area contributed by atoms with Crippen LogP contribution in [0.5, 0.6) is 0 Å². The first-order chi connectivity index (χ1) is 15.7. The van der Waals surface area contributed by atoms with Gasteiger partial charge in [-0.25, -0.2) is 0 Å². The fraction of sp³-hybridized carbons (Fsp3) is 0.556. The second kappa shape index (κ2) is 9.07. The van der Waals surface area contributed by atoms with Gasteiger partial charge in [-0.2, -0.15) is 74.6 Å². The minimum atomic E-state index is -8.62. The summed E-state index contributed by atoms with van der Waals surface area (Å²) in [5, 5.41) is -1.98.